The van der Waals surface area contributed by atoms with Crippen LogP contribution in [0.15, 0.2) is 35.7 Å². The van der Waals surface area contributed by atoms with Crippen molar-refractivity contribution in [2.24, 2.45) is 5.73 Å². The lowest BCUT2D eigenvalue weighted by molar-refractivity contribution is -0.132. The Morgan fingerprint density at radius 2 is 2.04 bits per heavy atom. The van der Waals surface area contributed by atoms with Crippen LogP contribution in [0.4, 0.5) is 5.69 Å². The first-order chi connectivity index (χ1) is 11.5. The van der Waals surface area contributed by atoms with Crippen LogP contribution >= 0.6 is 22.9 Å². The van der Waals surface area contributed by atoms with Crippen LogP contribution in [-0.4, -0.2) is 43.0 Å². The van der Waals surface area contributed by atoms with Gasteiger partial charge in [-0.1, -0.05) is 23.7 Å². The Labute approximate surface area is 151 Å². The molecule has 24 heavy (non-hydrogen) atoms. The Bertz CT molecular complexity index is 696. The molecule has 1 fully saturated rings. The maximum absolute atomic E-state index is 12.6. The van der Waals surface area contributed by atoms with E-state index in [9.17, 15) is 4.79 Å². The summed E-state index contributed by atoms with van der Waals surface area (Å²) in [4.78, 5) is 17.9. The van der Waals surface area contributed by atoms with Gasteiger partial charge in [-0.3, -0.25) is 4.79 Å². The first-order valence-corrected chi connectivity index (χ1v) is 9.38. The molecule has 0 saturated carbocycles. The highest BCUT2D eigenvalue weighted by Gasteiger charge is 2.26. The summed E-state index contributed by atoms with van der Waals surface area (Å²) < 4.78 is 0. The van der Waals surface area contributed by atoms with Gasteiger partial charge in [-0.2, -0.15) is 0 Å². The molecule has 1 saturated heterocycles. The molecule has 1 aromatic carbocycles. The van der Waals surface area contributed by atoms with Crippen molar-refractivity contribution in [2.45, 2.75) is 19.4 Å². The standard InChI is InChI=1S/C18H22ClN3OS/c1-13-4-5-14(19)11-17(13)21-6-8-22(9-7-21)18(23)16(20)12-15-3-2-10-24-15/h2-5,10-11,16H,6-9,12,20H2,1H3. The highest BCUT2D eigenvalue weighted by molar-refractivity contribution is 7.09. The lowest BCUT2D eigenvalue weighted by atomic mass is 10.1. The number of carbonyl (C=O) groups is 1. The molecule has 2 N–H and O–H groups in total. The molecule has 4 nitrogen and oxygen atoms in total. The molecule has 1 unspecified atom stereocenters. The molecule has 128 valence electrons. The third kappa shape index (κ3) is 3.91. The Kier molecular flexibility index (Phi) is 5.43. The van der Waals surface area contributed by atoms with E-state index in [2.05, 4.69) is 11.8 Å². The van der Waals surface area contributed by atoms with Gasteiger partial charge in [0.2, 0.25) is 5.91 Å². The zero-order chi connectivity index (χ0) is 17.1. The van der Waals surface area contributed by atoms with Gasteiger partial charge in [0.05, 0.1) is 6.04 Å². The number of rotatable bonds is 4. The number of nitrogens with two attached hydrogens (primary N) is 1. The fraction of sp³-hybridized carbons (Fsp3) is 0.389. The molecule has 3 rings (SSSR count). The van der Waals surface area contributed by atoms with Crippen LogP contribution in [0.25, 0.3) is 0 Å². The summed E-state index contributed by atoms with van der Waals surface area (Å²) in [6, 6.07) is 9.50. The molecule has 0 aliphatic carbocycles. The molecule has 1 aliphatic heterocycles. The monoisotopic (exact) mass is 363 g/mol. The van der Waals surface area contributed by atoms with Gasteiger partial charge in [-0.25, -0.2) is 0 Å². The SMILES string of the molecule is Cc1ccc(Cl)cc1N1CCN(C(=O)C(N)Cc2cccs2)CC1. The van der Waals surface area contributed by atoms with Crippen molar-refractivity contribution in [3.8, 4) is 0 Å². The molecule has 0 radical (unpaired) electrons. The maximum atomic E-state index is 12.6. The van der Waals surface area contributed by atoms with Gasteiger partial charge in [0.15, 0.2) is 0 Å². The second-order valence-electron chi connectivity index (χ2n) is 6.13. The molecule has 1 aliphatic rings. The summed E-state index contributed by atoms with van der Waals surface area (Å²) >= 11 is 7.76. The smallest absolute Gasteiger partial charge is 0.239 e. The van der Waals surface area contributed by atoms with Gasteiger partial charge in [-0.15, -0.1) is 11.3 Å². The van der Waals surface area contributed by atoms with Crippen LogP contribution < -0.4 is 10.6 Å². The van der Waals surface area contributed by atoms with Crippen molar-refractivity contribution in [3.63, 3.8) is 0 Å². The zero-order valence-electron chi connectivity index (χ0n) is 13.7. The van der Waals surface area contributed by atoms with Crippen molar-refractivity contribution in [2.75, 3.05) is 31.1 Å². The van der Waals surface area contributed by atoms with Crippen molar-refractivity contribution in [1.29, 1.82) is 0 Å². The van der Waals surface area contributed by atoms with Crippen molar-refractivity contribution in [1.82, 2.24) is 4.90 Å². The number of carbonyl (C=O) groups excluding carboxylic acids is 1. The third-order valence-electron chi connectivity index (χ3n) is 4.42. The van der Waals surface area contributed by atoms with Crippen molar-refractivity contribution >= 4 is 34.5 Å². The summed E-state index contributed by atoms with van der Waals surface area (Å²) in [7, 11) is 0. The Balaban J connectivity index is 1.58. The average molecular weight is 364 g/mol. The molecule has 2 heterocycles. The van der Waals surface area contributed by atoms with Crippen molar-refractivity contribution < 1.29 is 4.79 Å². The lowest BCUT2D eigenvalue weighted by Gasteiger charge is -2.37. The Morgan fingerprint density at radius 3 is 2.71 bits per heavy atom. The molecule has 6 heteroatoms. The summed E-state index contributed by atoms with van der Waals surface area (Å²) in [6.45, 7) is 5.09. The molecule has 1 aromatic heterocycles. The number of aryl methyl sites for hydroxylation is 1. The first-order valence-electron chi connectivity index (χ1n) is 8.12. The van der Waals surface area contributed by atoms with Crippen LogP contribution in [0.3, 0.4) is 0 Å². The molecule has 1 amide bonds. The van der Waals surface area contributed by atoms with E-state index < -0.39 is 6.04 Å². The van der Waals surface area contributed by atoms with Crippen LogP contribution in [0.2, 0.25) is 5.02 Å². The summed E-state index contributed by atoms with van der Waals surface area (Å²) in [5, 5.41) is 2.76. The predicted molar refractivity (Wildman–Crippen MR) is 101 cm³/mol. The number of amides is 1. The number of nitrogens with zero attached hydrogens (tertiary/aromatic N) is 2. The van der Waals surface area contributed by atoms with E-state index in [0.29, 0.717) is 19.5 Å². The summed E-state index contributed by atoms with van der Waals surface area (Å²) in [5.74, 6) is 0.0471. The molecule has 2 aromatic rings. The number of benzene rings is 1. The topological polar surface area (TPSA) is 49.6 Å². The summed E-state index contributed by atoms with van der Waals surface area (Å²) in [6.07, 6.45) is 0.615. The maximum Gasteiger partial charge on any atom is 0.239 e. The van der Waals surface area contributed by atoms with E-state index in [-0.39, 0.29) is 5.91 Å². The van der Waals surface area contributed by atoms with Gasteiger partial charge in [0.1, 0.15) is 0 Å². The minimum absolute atomic E-state index is 0.0471. The van der Waals surface area contributed by atoms with Gasteiger partial charge in [-0.05, 0) is 36.1 Å². The van der Waals surface area contributed by atoms with Gasteiger partial charge >= 0.3 is 0 Å². The first kappa shape index (κ1) is 17.3. The van der Waals surface area contributed by atoms with Gasteiger partial charge in [0.25, 0.3) is 0 Å². The molecular formula is C18H22ClN3OS. The fourth-order valence-electron chi connectivity index (χ4n) is 3.06. The van der Waals surface area contributed by atoms with Crippen LogP contribution in [0.1, 0.15) is 10.4 Å². The minimum atomic E-state index is -0.455. The highest BCUT2D eigenvalue weighted by Crippen LogP contribution is 2.25. The highest BCUT2D eigenvalue weighted by atomic mass is 35.5. The van der Waals surface area contributed by atoms with E-state index in [1.807, 2.05) is 40.6 Å². The van der Waals surface area contributed by atoms with E-state index in [1.54, 1.807) is 11.3 Å². The normalized spacial score (nSPS) is 16.3. The number of hydrogen-bond acceptors (Lipinski definition) is 4. The van der Waals surface area contributed by atoms with Crippen LogP contribution in [0.5, 0.6) is 0 Å². The molecule has 0 spiro atoms. The third-order valence-corrected chi connectivity index (χ3v) is 5.56. The lowest BCUT2D eigenvalue weighted by Crippen LogP contribution is -2.53. The van der Waals surface area contributed by atoms with Crippen molar-refractivity contribution in [3.05, 3.63) is 51.2 Å². The minimum Gasteiger partial charge on any atom is -0.368 e. The zero-order valence-corrected chi connectivity index (χ0v) is 15.3. The quantitative estimate of drug-likeness (QED) is 0.908. The van der Waals surface area contributed by atoms with E-state index in [4.69, 9.17) is 17.3 Å². The molecule has 1 atom stereocenters. The average Bonchev–Trinajstić information content (AvgIpc) is 3.09. The number of anilines is 1. The van der Waals surface area contributed by atoms with Crippen LogP contribution in [0, 0.1) is 6.92 Å². The number of thiophene rings is 1. The molecule has 0 bridgehead atoms. The van der Waals surface area contributed by atoms with E-state index in [1.165, 1.54) is 5.56 Å². The predicted octanol–water partition coefficient (Wildman–Crippen LogP) is 2.93. The Hall–Kier alpha value is -1.56. The Morgan fingerprint density at radius 1 is 1.29 bits per heavy atom. The number of piperazine rings is 1. The van der Waals surface area contributed by atoms with Crippen LogP contribution in [-0.2, 0) is 11.2 Å². The number of hydrogen-bond donors (Lipinski definition) is 1. The molecular weight excluding hydrogens is 342 g/mol. The largest absolute Gasteiger partial charge is 0.368 e. The van der Waals surface area contributed by atoms with Gasteiger partial charge in [0, 0.05) is 48.2 Å². The number of halogens is 1. The summed E-state index contributed by atoms with van der Waals surface area (Å²) in [5.41, 5.74) is 8.47. The van der Waals surface area contributed by atoms with E-state index in [0.717, 1.165) is 28.7 Å². The van der Waals surface area contributed by atoms with Gasteiger partial charge < -0.3 is 15.5 Å². The second-order valence-corrected chi connectivity index (χ2v) is 7.60. The van der Waals surface area contributed by atoms with E-state index >= 15 is 0 Å². The fourth-order valence-corrected chi connectivity index (χ4v) is 3.99. The second kappa shape index (κ2) is 7.55.